The monoisotopic (exact) mass is 273 g/mol. The molecule has 106 valence electrons. The van der Waals surface area contributed by atoms with Gasteiger partial charge in [0.2, 0.25) is 0 Å². The summed E-state index contributed by atoms with van der Waals surface area (Å²) in [6.07, 6.45) is 3.15. The van der Waals surface area contributed by atoms with E-state index in [9.17, 15) is 10.1 Å². The van der Waals surface area contributed by atoms with Crippen molar-refractivity contribution in [3.63, 3.8) is 0 Å². The highest BCUT2D eigenvalue weighted by molar-refractivity contribution is 5.68. The van der Waals surface area contributed by atoms with E-state index < -0.39 is 4.92 Å². The zero-order valence-electron chi connectivity index (χ0n) is 11.8. The number of nitrogens with one attached hydrogen (secondary N) is 1. The molecule has 0 heterocycles. The van der Waals surface area contributed by atoms with E-state index in [0.29, 0.717) is 17.5 Å². The Morgan fingerprint density at radius 2 is 2.10 bits per heavy atom. The average Bonchev–Trinajstić information content (AvgIpc) is 2.42. The molecule has 1 aromatic carbocycles. The van der Waals surface area contributed by atoms with E-state index in [1.807, 2.05) is 6.07 Å². The molecule has 3 unspecified atom stereocenters. The summed E-state index contributed by atoms with van der Waals surface area (Å²) in [4.78, 5) is 10.7. The molecule has 5 heteroatoms. The first-order chi connectivity index (χ1) is 9.52. The molecule has 20 heavy (non-hydrogen) atoms. The van der Waals surface area contributed by atoms with Gasteiger partial charge in [-0.15, -0.1) is 0 Å². The van der Waals surface area contributed by atoms with E-state index >= 15 is 0 Å². The summed E-state index contributed by atoms with van der Waals surface area (Å²) in [7, 11) is 0. The number of nitrogens with zero attached hydrogens (tertiary/aromatic N) is 2. The number of benzene rings is 1. The van der Waals surface area contributed by atoms with Crippen LogP contribution in [0.1, 0.15) is 38.7 Å². The van der Waals surface area contributed by atoms with Crippen LogP contribution in [0.2, 0.25) is 0 Å². The van der Waals surface area contributed by atoms with Gasteiger partial charge in [0, 0.05) is 6.04 Å². The van der Waals surface area contributed by atoms with Crippen molar-refractivity contribution < 1.29 is 4.92 Å². The molecule has 2 rings (SSSR count). The van der Waals surface area contributed by atoms with Gasteiger partial charge in [0.05, 0.1) is 4.92 Å². The van der Waals surface area contributed by atoms with E-state index in [1.165, 1.54) is 6.07 Å². The van der Waals surface area contributed by atoms with Crippen LogP contribution < -0.4 is 5.32 Å². The van der Waals surface area contributed by atoms with E-state index in [-0.39, 0.29) is 17.3 Å². The third kappa shape index (κ3) is 2.90. The Labute approximate surface area is 118 Å². The lowest BCUT2D eigenvalue weighted by molar-refractivity contribution is -0.384. The van der Waals surface area contributed by atoms with Crippen molar-refractivity contribution in [2.45, 2.75) is 39.2 Å². The van der Waals surface area contributed by atoms with Crippen molar-refractivity contribution in [2.24, 2.45) is 11.8 Å². The summed E-state index contributed by atoms with van der Waals surface area (Å²) in [5, 5.41) is 23.4. The summed E-state index contributed by atoms with van der Waals surface area (Å²) in [6, 6.07) is 6.98. The highest BCUT2D eigenvalue weighted by Gasteiger charge is 2.27. The van der Waals surface area contributed by atoms with Crippen molar-refractivity contribution in [1.29, 1.82) is 5.26 Å². The number of anilines is 1. The second-order valence-electron chi connectivity index (χ2n) is 5.68. The van der Waals surface area contributed by atoms with Crippen LogP contribution >= 0.6 is 0 Å². The number of para-hydroxylation sites is 1. The number of hydrogen-bond acceptors (Lipinski definition) is 4. The van der Waals surface area contributed by atoms with Crippen LogP contribution in [0.5, 0.6) is 0 Å². The number of nitro benzene ring substituents is 1. The minimum Gasteiger partial charge on any atom is -0.377 e. The molecular weight excluding hydrogens is 254 g/mol. The minimum atomic E-state index is -0.476. The van der Waals surface area contributed by atoms with Gasteiger partial charge in [0.1, 0.15) is 17.3 Å². The summed E-state index contributed by atoms with van der Waals surface area (Å²) < 4.78 is 0. The second-order valence-corrected chi connectivity index (χ2v) is 5.68. The Kier molecular flexibility index (Phi) is 4.23. The molecule has 5 nitrogen and oxygen atoms in total. The van der Waals surface area contributed by atoms with Gasteiger partial charge < -0.3 is 5.32 Å². The average molecular weight is 273 g/mol. The number of nitro groups is 1. The third-order valence-electron chi connectivity index (χ3n) is 4.30. The highest BCUT2D eigenvalue weighted by Crippen LogP contribution is 2.34. The molecule has 0 amide bonds. The topological polar surface area (TPSA) is 79.0 Å². The lowest BCUT2D eigenvalue weighted by Gasteiger charge is -2.33. The van der Waals surface area contributed by atoms with Crippen LogP contribution in [0.15, 0.2) is 18.2 Å². The first-order valence-corrected chi connectivity index (χ1v) is 6.97. The Hall–Kier alpha value is -2.09. The second kappa shape index (κ2) is 5.91. The molecule has 3 atom stereocenters. The van der Waals surface area contributed by atoms with Gasteiger partial charge in [-0.2, -0.15) is 5.26 Å². The quantitative estimate of drug-likeness (QED) is 0.672. The van der Waals surface area contributed by atoms with Crippen LogP contribution in [0.4, 0.5) is 11.4 Å². The van der Waals surface area contributed by atoms with Gasteiger partial charge >= 0.3 is 5.69 Å². The number of hydrogen-bond donors (Lipinski definition) is 1. The standard InChI is InChI=1S/C15H19N3O2/c1-10-6-7-13(8-11(10)2)17-14-5-3-4-12(9-16)15(14)18(19)20/h3-5,10-11,13,17H,6-8H2,1-2H3. The number of rotatable bonds is 3. The van der Waals surface area contributed by atoms with Crippen LogP contribution in [-0.2, 0) is 0 Å². The molecule has 1 aromatic rings. The first kappa shape index (κ1) is 14.3. The molecule has 0 aliphatic heterocycles. The van der Waals surface area contributed by atoms with Crippen molar-refractivity contribution in [3.8, 4) is 6.07 Å². The van der Waals surface area contributed by atoms with E-state index in [4.69, 9.17) is 5.26 Å². The van der Waals surface area contributed by atoms with Crippen molar-refractivity contribution >= 4 is 11.4 Å². The predicted octanol–water partition coefficient (Wildman–Crippen LogP) is 3.70. The van der Waals surface area contributed by atoms with Gasteiger partial charge in [-0.05, 0) is 43.2 Å². The maximum absolute atomic E-state index is 11.2. The SMILES string of the molecule is CC1CCC(Nc2cccc(C#N)c2[N+](=O)[O-])CC1C. The Morgan fingerprint density at radius 1 is 1.35 bits per heavy atom. The van der Waals surface area contributed by atoms with Gasteiger partial charge in [0.25, 0.3) is 0 Å². The first-order valence-electron chi connectivity index (χ1n) is 6.97. The van der Waals surface area contributed by atoms with E-state index in [0.717, 1.165) is 19.3 Å². The summed E-state index contributed by atoms with van der Waals surface area (Å²) >= 11 is 0. The van der Waals surface area contributed by atoms with Crippen LogP contribution in [-0.4, -0.2) is 11.0 Å². The van der Waals surface area contributed by atoms with Gasteiger partial charge in [0.15, 0.2) is 0 Å². The van der Waals surface area contributed by atoms with Gasteiger partial charge in [-0.3, -0.25) is 10.1 Å². The maximum Gasteiger partial charge on any atom is 0.309 e. The molecule has 1 fully saturated rings. The molecule has 1 saturated carbocycles. The minimum absolute atomic E-state index is 0.109. The summed E-state index contributed by atoms with van der Waals surface area (Å²) in [5.74, 6) is 1.31. The molecule has 1 N–H and O–H groups in total. The zero-order valence-corrected chi connectivity index (χ0v) is 11.8. The molecule has 0 saturated heterocycles. The molecule has 0 radical (unpaired) electrons. The lowest BCUT2D eigenvalue weighted by Crippen LogP contribution is -2.30. The maximum atomic E-state index is 11.2. The fourth-order valence-electron chi connectivity index (χ4n) is 2.85. The zero-order chi connectivity index (χ0) is 14.7. The van der Waals surface area contributed by atoms with Crippen molar-refractivity contribution in [1.82, 2.24) is 0 Å². The Balaban J connectivity index is 2.22. The van der Waals surface area contributed by atoms with Crippen LogP contribution in [0, 0.1) is 33.3 Å². The molecule has 1 aliphatic carbocycles. The van der Waals surface area contributed by atoms with Crippen LogP contribution in [0.3, 0.4) is 0 Å². The van der Waals surface area contributed by atoms with Gasteiger partial charge in [-0.25, -0.2) is 0 Å². The number of nitriles is 1. The highest BCUT2D eigenvalue weighted by atomic mass is 16.6. The molecule has 1 aliphatic rings. The van der Waals surface area contributed by atoms with Gasteiger partial charge in [-0.1, -0.05) is 19.9 Å². The molecule has 0 spiro atoms. The fraction of sp³-hybridized carbons (Fsp3) is 0.533. The smallest absolute Gasteiger partial charge is 0.309 e. The third-order valence-corrected chi connectivity index (χ3v) is 4.30. The predicted molar refractivity (Wildman–Crippen MR) is 77.4 cm³/mol. The normalized spacial score (nSPS) is 25.8. The molecule has 0 aromatic heterocycles. The Morgan fingerprint density at radius 3 is 2.70 bits per heavy atom. The molecular formula is C15H19N3O2. The van der Waals surface area contributed by atoms with Crippen molar-refractivity contribution in [3.05, 3.63) is 33.9 Å². The van der Waals surface area contributed by atoms with Crippen LogP contribution in [0.25, 0.3) is 0 Å². The fourth-order valence-corrected chi connectivity index (χ4v) is 2.85. The summed E-state index contributed by atoms with van der Waals surface area (Å²) in [5.41, 5.74) is 0.458. The Bertz CT molecular complexity index is 551. The summed E-state index contributed by atoms with van der Waals surface area (Å²) in [6.45, 7) is 4.47. The molecule has 0 bridgehead atoms. The van der Waals surface area contributed by atoms with E-state index in [2.05, 4.69) is 19.2 Å². The lowest BCUT2D eigenvalue weighted by atomic mass is 9.79. The van der Waals surface area contributed by atoms with E-state index in [1.54, 1.807) is 12.1 Å². The van der Waals surface area contributed by atoms with Crippen molar-refractivity contribution in [2.75, 3.05) is 5.32 Å². The largest absolute Gasteiger partial charge is 0.377 e.